The first-order valence-electron chi connectivity index (χ1n) is 6.40. The van der Waals surface area contributed by atoms with E-state index in [9.17, 15) is 0 Å². The minimum atomic E-state index is 0.216. The Hall–Kier alpha value is -1.35. The van der Waals surface area contributed by atoms with Crippen LogP contribution in [-0.4, -0.2) is 11.0 Å². The standard InChI is InChI=1S/C14H18N2O/c1-2-9-3-6-13-12(7-9)16-14(17-13)8-11(15)10-4-5-10/h3,6-7,10-11H,2,4-5,8,15H2,1H3. The maximum atomic E-state index is 6.09. The van der Waals surface area contributed by atoms with E-state index in [4.69, 9.17) is 10.2 Å². The van der Waals surface area contributed by atoms with Gasteiger partial charge in [0.2, 0.25) is 0 Å². The molecule has 2 N–H and O–H groups in total. The van der Waals surface area contributed by atoms with Crippen molar-refractivity contribution in [3.63, 3.8) is 0 Å². The first kappa shape index (κ1) is 10.8. The average molecular weight is 230 g/mol. The van der Waals surface area contributed by atoms with Crippen LogP contribution in [0, 0.1) is 5.92 Å². The van der Waals surface area contributed by atoms with Gasteiger partial charge in [-0.3, -0.25) is 0 Å². The van der Waals surface area contributed by atoms with Gasteiger partial charge in [0.25, 0.3) is 0 Å². The molecule has 0 bridgehead atoms. The summed E-state index contributed by atoms with van der Waals surface area (Å²) < 4.78 is 5.73. The van der Waals surface area contributed by atoms with Crippen molar-refractivity contribution in [1.29, 1.82) is 0 Å². The zero-order valence-corrected chi connectivity index (χ0v) is 10.1. The largest absolute Gasteiger partial charge is 0.441 e. The Balaban J connectivity index is 1.85. The van der Waals surface area contributed by atoms with Crippen molar-refractivity contribution in [2.24, 2.45) is 11.7 Å². The number of aromatic nitrogens is 1. The lowest BCUT2D eigenvalue weighted by Gasteiger charge is -2.05. The lowest BCUT2D eigenvalue weighted by molar-refractivity contribution is 0.475. The third kappa shape index (κ3) is 2.20. The third-order valence-corrected chi connectivity index (χ3v) is 3.54. The van der Waals surface area contributed by atoms with Crippen LogP contribution in [0.15, 0.2) is 22.6 Å². The number of hydrogen-bond donors (Lipinski definition) is 1. The number of nitrogens with zero attached hydrogens (tertiary/aromatic N) is 1. The summed E-state index contributed by atoms with van der Waals surface area (Å²) in [6, 6.07) is 6.42. The van der Waals surface area contributed by atoms with Crippen LogP contribution in [0.4, 0.5) is 0 Å². The fraction of sp³-hybridized carbons (Fsp3) is 0.500. The number of oxazole rings is 1. The van der Waals surface area contributed by atoms with Gasteiger partial charge in [-0.25, -0.2) is 4.98 Å². The molecule has 90 valence electrons. The van der Waals surface area contributed by atoms with E-state index in [2.05, 4.69) is 24.0 Å². The smallest absolute Gasteiger partial charge is 0.197 e. The molecule has 3 rings (SSSR count). The molecule has 1 aliphatic carbocycles. The Bertz CT molecular complexity index is 528. The van der Waals surface area contributed by atoms with Crippen LogP contribution in [-0.2, 0) is 12.8 Å². The molecule has 3 nitrogen and oxygen atoms in total. The molecule has 0 spiro atoms. The molecule has 1 unspecified atom stereocenters. The van der Waals surface area contributed by atoms with Crippen LogP contribution in [0.25, 0.3) is 11.1 Å². The second kappa shape index (κ2) is 4.15. The minimum absolute atomic E-state index is 0.216. The van der Waals surface area contributed by atoms with Gasteiger partial charge in [0.15, 0.2) is 11.5 Å². The average Bonchev–Trinajstić information content (AvgIpc) is 3.10. The second-order valence-corrected chi connectivity index (χ2v) is 4.97. The van der Waals surface area contributed by atoms with Crippen molar-refractivity contribution in [2.45, 2.75) is 38.6 Å². The molecule has 3 heteroatoms. The number of fused-ring (bicyclic) bond motifs is 1. The SMILES string of the molecule is CCc1ccc2oc(CC(N)C3CC3)nc2c1. The van der Waals surface area contributed by atoms with Gasteiger partial charge in [-0.1, -0.05) is 13.0 Å². The van der Waals surface area contributed by atoms with Gasteiger partial charge in [-0.15, -0.1) is 0 Å². The van der Waals surface area contributed by atoms with E-state index < -0.39 is 0 Å². The third-order valence-electron chi connectivity index (χ3n) is 3.54. The summed E-state index contributed by atoms with van der Waals surface area (Å²) in [6.45, 7) is 2.14. The van der Waals surface area contributed by atoms with E-state index in [0.717, 1.165) is 29.8 Å². The highest BCUT2D eigenvalue weighted by atomic mass is 16.3. The monoisotopic (exact) mass is 230 g/mol. The maximum absolute atomic E-state index is 6.09. The minimum Gasteiger partial charge on any atom is -0.441 e. The molecular weight excluding hydrogens is 212 g/mol. The van der Waals surface area contributed by atoms with Gasteiger partial charge in [0.05, 0.1) is 0 Å². The van der Waals surface area contributed by atoms with E-state index in [0.29, 0.717) is 5.92 Å². The fourth-order valence-corrected chi connectivity index (χ4v) is 2.22. The van der Waals surface area contributed by atoms with Crippen molar-refractivity contribution in [1.82, 2.24) is 4.98 Å². The molecule has 1 aliphatic rings. The first-order chi connectivity index (χ1) is 8.26. The van der Waals surface area contributed by atoms with Crippen molar-refractivity contribution in [2.75, 3.05) is 0 Å². The van der Waals surface area contributed by atoms with Gasteiger partial charge < -0.3 is 10.2 Å². The molecular formula is C14H18N2O. The molecule has 1 aromatic heterocycles. The van der Waals surface area contributed by atoms with Crippen molar-refractivity contribution >= 4 is 11.1 Å². The molecule has 1 heterocycles. The maximum Gasteiger partial charge on any atom is 0.197 e. The fourth-order valence-electron chi connectivity index (χ4n) is 2.22. The van der Waals surface area contributed by atoms with Crippen LogP contribution in [0.3, 0.4) is 0 Å². The lowest BCUT2D eigenvalue weighted by atomic mass is 10.1. The van der Waals surface area contributed by atoms with Gasteiger partial charge in [-0.05, 0) is 42.9 Å². The Morgan fingerprint density at radius 1 is 1.47 bits per heavy atom. The zero-order valence-electron chi connectivity index (χ0n) is 10.1. The van der Waals surface area contributed by atoms with Crippen LogP contribution < -0.4 is 5.73 Å². The number of nitrogens with two attached hydrogens (primary N) is 1. The zero-order chi connectivity index (χ0) is 11.8. The van der Waals surface area contributed by atoms with Gasteiger partial charge in [0.1, 0.15) is 5.52 Å². The summed E-state index contributed by atoms with van der Waals surface area (Å²) in [6.07, 6.45) is 4.32. The van der Waals surface area contributed by atoms with E-state index >= 15 is 0 Å². The number of rotatable bonds is 4. The molecule has 0 radical (unpaired) electrons. The predicted octanol–water partition coefficient (Wildman–Crippen LogP) is 2.67. The molecule has 0 aliphatic heterocycles. The van der Waals surface area contributed by atoms with Crippen LogP contribution in [0.1, 0.15) is 31.2 Å². The van der Waals surface area contributed by atoms with Crippen LogP contribution >= 0.6 is 0 Å². The molecule has 1 aromatic carbocycles. The summed E-state index contributed by atoms with van der Waals surface area (Å²) in [4.78, 5) is 4.52. The number of aryl methyl sites for hydroxylation is 1. The Labute approximate surface area is 101 Å². The first-order valence-corrected chi connectivity index (χ1v) is 6.40. The summed E-state index contributed by atoms with van der Waals surface area (Å²) in [5, 5.41) is 0. The summed E-state index contributed by atoms with van der Waals surface area (Å²) in [7, 11) is 0. The highest BCUT2D eigenvalue weighted by molar-refractivity contribution is 5.73. The molecule has 1 saturated carbocycles. The number of hydrogen-bond acceptors (Lipinski definition) is 3. The Kier molecular flexibility index (Phi) is 2.63. The van der Waals surface area contributed by atoms with Gasteiger partial charge in [-0.2, -0.15) is 0 Å². The van der Waals surface area contributed by atoms with E-state index in [1.807, 2.05) is 6.07 Å². The Morgan fingerprint density at radius 2 is 2.29 bits per heavy atom. The highest BCUT2D eigenvalue weighted by Crippen LogP contribution is 2.33. The van der Waals surface area contributed by atoms with Gasteiger partial charge >= 0.3 is 0 Å². The molecule has 0 saturated heterocycles. The normalized spacial score (nSPS) is 17.5. The molecule has 1 atom stereocenters. The highest BCUT2D eigenvalue weighted by Gasteiger charge is 2.29. The predicted molar refractivity (Wildman–Crippen MR) is 67.8 cm³/mol. The summed E-state index contributed by atoms with van der Waals surface area (Å²) in [5.74, 6) is 1.48. The molecule has 2 aromatic rings. The van der Waals surface area contributed by atoms with E-state index in [1.165, 1.54) is 18.4 Å². The van der Waals surface area contributed by atoms with Gasteiger partial charge in [0, 0.05) is 12.5 Å². The van der Waals surface area contributed by atoms with Crippen molar-refractivity contribution in [3.8, 4) is 0 Å². The Morgan fingerprint density at radius 3 is 3.00 bits per heavy atom. The van der Waals surface area contributed by atoms with Crippen LogP contribution in [0.2, 0.25) is 0 Å². The van der Waals surface area contributed by atoms with Crippen molar-refractivity contribution < 1.29 is 4.42 Å². The lowest BCUT2D eigenvalue weighted by Crippen LogP contribution is -2.25. The topological polar surface area (TPSA) is 52.0 Å². The van der Waals surface area contributed by atoms with Crippen LogP contribution in [0.5, 0.6) is 0 Å². The van der Waals surface area contributed by atoms with E-state index in [1.54, 1.807) is 0 Å². The molecule has 17 heavy (non-hydrogen) atoms. The van der Waals surface area contributed by atoms with Crippen molar-refractivity contribution in [3.05, 3.63) is 29.7 Å². The van der Waals surface area contributed by atoms with E-state index in [-0.39, 0.29) is 6.04 Å². The number of benzene rings is 1. The summed E-state index contributed by atoms with van der Waals surface area (Å²) >= 11 is 0. The summed E-state index contributed by atoms with van der Waals surface area (Å²) in [5.41, 5.74) is 9.22. The quantitative estimate of drug-likeness (QED) is 0.878. The molecule has 0 amide bonds. The molecule has 1 fully saturated rings. The second-order valence-electron chi connectivity index (χ2n) is 4.97.